The van der Waals surface area contributed by atoms with Gasteiger partial charge in [-0.15, -0.1) is 0 Å². The van der Waals surface area contributed by atoms with E-state index in [-0.39, 0.29) is 11.4 Å². The Morgan fingerprint density at radius 2 is 1.95 bits per heavy atom. The van der Waals surface area contributed by atoms with E-state index in [1.807, 2.05) is 0 Å². The monoisotopic (exact) mass is 301 g/mol. The molecule has 0 aliphatic carbocycles. The summed E-state index contributed by atoms with van der Waals surface area (Å²) < 4.78 is 10.4. The van der Waals surface area contributed by atoms with E-state index >= 15 is 0 Å². The SMILES string of the molecule is O=[N+]([O-])c1cccc(O[C@@H]2O[C@H](CO)[C@H](O)[C@H](O)[C@H]2O)c1. The lowest BCUT2D eigenvalue weighted by Gasteiger charge is -2.39. The first-order valence-corrected chi connectivity index (χ1v) is 6.15. The van der Waals surface area contributed by atoms with Crippen LogP contribution in [0.1, 0.15) is 0 Å². The molecule has 21 heavy (non-hydrogen) atoms. The number of non-ortho nitro benzene ring substituents is 1. The number of hydrogen-bond donors (Lipinski definition) is 4. The Morgan fingerprint density at radius 1 is 1.24 bits per heavy atom. The fourth-order valence-electron chi connectivity index (χ4n) is 1.97. The molecule has 0 bridgehead atoms. The quantitative estimate of drug-likeness (QED) is 0.400. The van der Waals surface area contributed by atoms with Crippen LogP contribution in [0.15, 0.2) is 24.3 Å². The summed E-state index contributed by atoms with van der Waals surface area (Å²) in [5, 5.41) is 48.7. The predicted octanol–water partition coefficient (Wildman–Crippen LogP) is -1.23. The maximum Gasteiger partial charge on any atom is 0.273 e. The number of benzene rings is 1. The number of ether oxygens (including phenoxy) is 2. The molecule has 0 unspecified atom stereocenters. The fraction of sp³-hybridized carbons (Fsp3) is 0.500. The second-order valence-electron chi connectivity index (χ2n) is 4.57. The summed E-state index contributed by atoms with van der Waals surface area (Å²) in [6, 6.07) is 5.19. The molecule has 4 N–H and O–H groups in total. The molecule has 0 aromatic heterocycles. The van der Waals surface area contributed by atoms with E-state index in [0.717, 1.165) is 6.07 Å². The van der Waals surface area contributed by atoms with Crippen LogP contribution >= 0.6 is 0 Å². The van der Waals surface area contributed by atoms with Crippen molar-refractivity contribution >= 4 is 5.69 Å². The molecular formula is C12H15NO8. The van der Waals surface area contributed by atoms with E-state index in [2.05, 4.69) is 0 Å². The average Bonchev–Trinajstić information content (AvgIpc) is 2.48. The molecule has 1 aliphatic rings. The van der Waals surface area contributed by atoms with Crippen molar-refractivity contribution in [3.8, 4) is 5.75 Å². The number of rotatable bonds is 4. The molecule has 116 valence electrons. The standard InChI is InChI=1S/C12H15NO8/c14-5-8-9(15)10(16)11(17)12(21-8)20-7-3-1-2-6(4-7)13(18)19/h1-4,8-12,14-17H,5H2/t8-,9+,10+,11-,12-/m1/s1. The van der Waals surface area contributed by atoms with Gasteiger partial charge in [0.25, 0.3) is 5.69 Å². The van der Waals surface area contributed by atoms with Gasteiger partial charge >= 0.3 is 0 Å². The molecule has 1 aromatic rings. The average molecular weight is 301 g/mol. The van der Waals surface area contributed by atoms with Crippen molar-refractivity contribution in [1.29, 1.82) is 0 Å². The van der Waals surface area contributed by atoms with Crippen LogP contribution in [-0.2, 0) is 4.74 Å². The molecule has 2 rings (SSSR count). The third-order valence-corrected chi connectivity index (χ3v) is 3.13. The van der Waals surface area contributed by atoms with Crippen LogP contribution in [0.5, 0.6) is 5.75 Å². The van der Waals surface area contributed by atoms with Crippen molar-refractivity contribution in [1.82, 2.24) is 0 Å². The van der Waals surface area contributed by atoms with Gasteiger partial charge in [0.1, 0.15) is 30.2 Å². The molecule has 1 saturated heterocycles. The Bertz CT molecular complexity index is 508. The lowest BCUT2D eigenvalue weighted by molar-refractivity contribution is -0.385. The van der Waals surface area contributed by atoms with Gasteiger partial charge in [0.15, 0.2) is 0 Å². The Kier molecular flexibility index (Phi) is 4.70. The maximum absolute atomic E-state index is 10.7. The highest BCUT2D eigenvalue weighted by atomic mass is 16.7. The second kappa shape index (κ2) is 6.33. The van der Waals surface area contributed by atoms with Crippen molar-refractivity contribution in [2.75, 3.05) is 6.61 Å². The Hall–Kier alpha value is -1.78. The number of nitrogens with zero attached hydrogens (tertiary/aromatic N) is 1. The van der Waals surface area contributed by atoms with Crippen molar-refractivity contribution in [3.63, 3.8) is 0 Å². The smallest absolute Gasteiger partial charge is 0.273 e. The molecule has 1 fully saturated rings. The molecule has 0 radical (unpaired) electrons. The molecule has 1 aromatic carbocycles. The Balaban J connectivity index is 2.14. The molecule has 5 atom stereocenters. The third-order valence-electron chi connectivity index (χ3n) is 3.13. The molecule has 1 heterocycles. The summed E-state index contributed by atoms with van der Waals surface area (Å²) in [6.07, 6.45) is -7.11. The van der Waals surface area contributed by atoms with Crippen molar-refractivity contribution in [2.24, 2.45) is 0 Å². The molecule has 1 aliphatic heterocycles. The van der Waals surface area contributed by atoms with Gasteiger partial charge in [0, 0.05) is 6.07 Å². The van der Waals surface area contributed by atoms with Gasteiger partial charge in [-0.2, -0.15) is 0 Å². The largest absolute Gasteiger partial charge is 0.462 e. The summed E-state index contributed by atoms with van der Waals surface area (Å²) in [4.78, 5) is 10.1. The molecule has 0 spiro atoms. The van der Waals surface area contributed by atoms with E-state index in [1.54, 1.807) is 0 Å². The maximum atomic E-state index is 10.7. The normalized spacial score (nSPS) is 32.7. The van der Waals surface area contributed by atoms with E-state index < -0.39 is 42.2 Å². The first kappa shape index (κ1) is 15.6. The summed E-state index contributed by atoms with van der Waals surface area (Å²) in [5.41, 5.74) is -0.211. The Morgan fingerprint density at radius 3 is 2.57 bits per heavy atom. The van der Waals surface area contributed by atoms with Gasteiger partial charge in [0.2, 0.25) is 6.29 Å². The summed E-state index contributed by atoms with van der Waals surface area (Å²) in [5.74, 6) is 0.0496. The minimum Gasteiger partial charge on any atom is -0.462 e. The highest BCUT2D eigenvalue weighted by Crippen LogP contribution is 2.26. The minimum atomic E-state index is -1.57. The number of nitro groups is 1. The van der Waals surface area contributed by atoms with Crippen molar-refractivity contribution < 1.29 is 34.8 Å². The zero-order chi connectivity index (χ0) is 15.6. The highest BCUT2D eigenvalue weighted by Gasteiger charge is 2.44. The van der Waals surface area contributed by atoms with Crippen LogP contribution in [0.25, 0.3) is 0 Å². The van der Waals surface area contributed by atoms with E-state index in [4.69, 9.17) is 14.6 Å². The van der Waals surface area contributed by atoms with E-state index in [1.165, 1.54) is 18.2 Å². The predicted molar refractivity (Wildman–Crippen MR) is 67.5 cm³/mol. The number of nitro benzene ring substituents is 1. The lowest BCUT2D eigenvalue weighted by Crippen LogP contribution is -2.60. The number of hydrogen-bond acceptors (Lipinski definition) is 8. The topological polar surface area (TPSA) is 143 Å². The zero-order valence-electron chi connectivity index (χ0n) is 10.8. The number of aliphatic hydroxyl groups is 4. The van der Waals surface area contributed by atoms with Crippen LogP contribution in [0.3, 0.4) is 0 Å². The highest BCUT2D eigenvalue weighted by molar-refractivity contribution is 5.38. The minimum absolute atomic E-state index is 0.0496. The summed E-state index contributed by atoms with van der Waals surface area (Å²) in [7, 11) is 0. The van der Waals surface area contributed by atoms with Crippen LogP contribution in [0, 0.1) is 10.1 Å². The van der Waals surface area contributed by atoms with Gasteiger partial charge in [-0.1, -0.05) is 6.07 Å². The molecule has 9 heteroatoms. The number of aliphatic hydroxyl groups excluding tert-OH is 4. The van der Waals surface area contributed by atoms with Gasteiger partial charge in [0.05, 0.1) is 17.6 Å². The van der Waals surface area contributed by atoms with Gasteiger partial charge < -0.3 is 29.9 Å². The summed E-state index contributed by atoms with van der Waals surface area (Å²) >= 11 is 0. The Labute approximate surface area is 119 Å². The van der Waals surface area contributed by atoms with Gasteiger partial charge in [-0.3, -0.25) is 10.1 Å². The second-order valence-corrected chi connectivity index (χ2v) is 4.57. The lowest BCUT2D eigenvalue weighted by atomic mass is 9.99. The molecular weight excluding hydrogens is 286 g/mol. The van der Waals surface area contributed by atoms with Crippen LogP contribution in [0.2, 0.25) is 0 Å². The molecule has 0 amide bonds. The van der Waals surface area contributed by atoms with Crippen LogP contribution in [0.4, 0.5) is 5.69 Å². The van der Waals surface area contributed by atoms with Crippen LogP contribution < -0.4 is 4.74 Å². The first-order chi connectivity index (χ1) is 9.93. The van der Waals surface area contributed by atoms with E-state index in [9.17, 15) is 25.4 Å². The fourth-order valence-corrected chi connectivity index (χ4v) is 1.97. The summed E-state index contributed by atoms with van der Waals surface area (Å²) in [6.45, 7) is -0.584. The molecule has 9 nitrogen and oxygen atoms in total. The third kappa shape index (κ3) is 3.28. The van der Waals surface area contributed by atoms with Gasteiger partial charge in [-0.05, 0) is 6.07 Å². The van der Waals surface area contributed by atoms with E-state index in [0.29, 0.717) is 0 Å². The van der Waals surface area contributed by atoms with Crippen molar-refractivity contribution in [2.45, 2.75) is 30.7 Å². The van der Waals surface area contributed by atoms with Gasteiger partial charge in [-0.25, -0.2) is 0 Å². The first-order valence-electron chi connectivity index (χ1n) is 6.15. The molecule has 0 saturated carbocycles. The van der Waals surface area contributed by atoms with Crippen LogP contribution in [-0.4, -0.2) is 62.7 Å². The van der Waals surface area contributed by atoms with Crippen molar-refractivity contribution in [3.05, 3.63) is 34.4 Å². The zero-order valence-corrected chi connectivity index (χ0v) is 10.8.